The van der Waals surface area contributed by atoms with Gasteiger partial charge in [0.15, 0.2) is 0 Å². The van der Waals surface area contributed by atoms with E-state index in [1.165, 1.54) is 0 Å². The largest absolute Gasteiger partial charge is 0.444 e. The minimum absolute atomic E-state index is 0.00766. The minimum atomic E-state index is -0.860. The molecule has 0 radical (unpaired) electrons. The van der Waals surface area contributed by atoms with E-state index in [1.54, 1.807) is 24.3 Å². The number of nitrogens with zero attached hydrogens (tertiary/aromatic N) is 4. The summed E-state index contributed by atoms with van der Waals surface area (Å²) in [5.41, 5.74) is 3.46. The highest BCUT2D eigenvalue weighted by Gasteiger charge is 2.30. The number of allylic oxidation sites excluding steroid dienone is 3. The number of carbonyl (C=O) groups excluding carboxylic acids is 4. The smallest absolute Gasteiger partial charge is 0.407 e. The quantitative estimate of drug-likeness (QED) is 0.130. The number of likely N-dealkylation sites (N-methyl/N-ethyl adjacent to an activating group) is 1. The number of H-pyrrole nitrogens is 1. The van der Waals surface area contributed by atoms with Crippen LogP contribution in [0.5, 0.6) is 0 Å². The summed E-state index contributed by atoms with van der Waals surface area (Å²) in [5.74, 6) is -0.351. The first-order valence-electron chi connectivity index (χ1n) is 19.8. The molecular weight excluding hydrogens is 711 g/mol. The van der Waals surface area contributed by atoms with Gasteiger partial charge in [-0.25, -0.2) is 4.79 Å². The van der Waals surface area contributed by atoms with Gasteiger partial charge in [-0.2, -0.15) is 5.21 Å². The number of aromatic nitrogens is 4. The Hall–Kier alpha value is -5.37. The van der Waals surface area contributed by atoms with Crippen LogP contribution < -0.4 is 21.3 Å². The van der Waals surface area contributed by atoms with E-state index in [4.69, 9.17) is 4.74 Å². The number of anilines is 1. The van der Waals surface area contributed by atoms with E-state index in [0.29, 0.717) is 43.9 Å². The molecule has 5 N–H and O–H groups in total. The van der Waals surface area contributed by atoms with Gasteiger partial charge in [0.2, 0.25) is 23.5 Å². The third-order valence-corrected chi connectivity index (χ3v) is 10.3. The molecule has 14 heteroatoms. The molecule has 2 atom stereocenters. The lowest BCUT2D eigenvalue weighted by Gasteiger charge is -2.29. The Labute approximate surface area is 329 Å². The van der Waals surface area contributed by atoms with Crippen molar-refractivity contribution in [2.45, 2.75) is 84.8 Å². The minimum Gasteiger partial charge on any atom is -0.444 e. The van der Waals surface area contributed by atoms with Crippen LogP contribution >= 0.6 is 0 Å². The van der Waals surface area contributed by atoms with Crippen molar-refractivity contribution < 1.29 is 23.9 Å². The first kappa shape index (κ1) is 41.8. The Balaban J connectivity index is 1.25. The number of tetrazole rings is 1. The third kappa shape index (κ3) is 12.6. The molecule has 2 aliphatic carbocycles. The van der Waals surface area contributed by atoms with Gasteiger partial charge in [-0.3, -0.25) is 14.4 Å². The number of rotatable bonds is 16. The second kappa shape index (κ2) is 20.0. The van der Waals surface area contributed by atoms with Gasteiger partial charge in [-0.1, -0.05) is 56.3 Å². The van der Waals surface area contributed by atoms with Crippen LogP contribution in [0.25, 0.3) is 17.0 Å². The highest BCUT2D eigenvalue weighted by atomic mass is 16.6. The van der Waals surface area contributed by atoms with E-state index in [0.717, 1.165) is 54.7 Å². The van der Waals surface area contributed by atoms with Gasteiger partial charge < -0.3 is 30.9 Å². The molecule has 1 saturated carbocycles. The lowest BCUT2D eigenvalue weighted by molar-refractivity contribution is -0.130. The maximum Gasteiger partial charge on any atom is 0.407 e. The van der Waals surface area contributed by atoms with Crippen molar-refractivity contribution in [3.63, 3.8) is 0 Å². The molecule has 0 spiro atoms. The van der Waals surface area contributed by atoms with Crippen LogP contribution in [-0.2, 0) is 25.5 Å². The zero-order valence-corrected chi connectivity index (χ0v) is 33.3. The maximum atomic E-state index is 13.9. The predicted molar refractivity (Wildman–Crippen MR) is 216 cm³/mol. The summed E-state index contributed by atoms with van der Waals surface area (Å²) < 4.78 is 5.36. The fourth-order valence-corrected chi connectivity index (χ4v) is 7.06. The average molecular weight is 768 g/mol. The van der Waals surface area contributed by atoms with Crippen molar-refractivity contribution in [1.82, 2.24) is 41.5 Å². The second-order valence-corrected chi connectivity index (χ2v) is 15.6. The summed E-state index contributed by atoms with van der Waals surface area (Å²) in [6.07, 6.45) is 9.37. The van der Waals surface area contributed by atoms with Gasteiger partial charge in [0.1, 0.15) is 11.6 Å². The van der Waals surface area contributed by atoms with Gasteiger partial charge in [0.05, 0.1) is 5.92 Å². The molecule has 4 amide bonds. The van der Waals surface area contributed by atoms with E-state index >= 15 is 0 Å². The Bertz CT molecular complexity index is 1820. The summed E-state index contributed by atoms with van der Waals surface area (Å²) in [6, 6.07) is 14.1. The van der Waals surface area contributed by atoms with Crippen LogP contribution in [0.4, 0.5) is 10.5 Å². The highest BCUT2D eigenvalue weighted by Crippen LogP contribution is 2.30. The predicted octanol–water partition coefficient (Wildman–Crippen LogP) is 5.28. The first-order chi connectivity index (χ1) is 26.9. The summed E-state index contributed by atoms with van der Waals surface area (Å²) >= 11 is 0. The van der Waals surface area contributed by atoms with Crippen LogP contribution in [-0.4, -0.2) is 93.7 Å². The van der Waals surface area contributed by atoms with Gasteiger partial charge in [-0.05, 0) is 118 Å². The van der Waals surface area contributed by atoms with E-state index < -0.39 is 17.7 Å². The van der Waals surface area contributed by atoms with Crippen molar-refractivity contribution in [1.29, 1.82) is 0 Å². The molecule has 3 aromatic rings. The molecule has 0 bridgehead atoms. The van der Waals surface area contributed by atoms with Crippen molar-refractivity contribution in [2.24, 2.45) is 17.8 Å². The molecule has 1 aromatic heterocycles. The standard InChI is InChI=1S/C42H57N9O5/c1-6-51(7-2)23-22-43-38(52)34-13-9-12-33(26-34)32-11-8-10-29(24-32)25-36(40(54)45-35-20-18-30(19-21-35)37-47-49-50-48-37)46-39(53)31-16-14-28(15-17-31)27-44-41(55)56-42(3,4)5/h8-12,18-21,24,26,28,31,34,36H,6-7,13-17,22-23,25,27H2,1-5H3,(H,43,52)(H,44,55)(H,45,54)(H,46,53)(H,47,48,49,50). The maximum absolute atomic E-state index is 13.9. The SMILES string of the molecule is CCN(CC)CCNC(=O)C1C=C(c2cccc(CC(NC(=O)C3CCC(CNC(=O)OC(C)(C)C)CC3)C(=O)Nc3ccc(-c4nn[nH]n4)cc3)c2)C=CC1. The number of alkyl carbamates (subject to hydrolysis) is 1. The van der Waals surface area contributed by atoms with Crippen LogP contribution in [0.2, 0.25) is 0 Å². The third-order valence-electron chi connectivity index (χ3n) is 10.3. The van der Waals surface area contributed by atoms with Gasteiger partial charge in [-0.15, -0.1) is 10.2 Å². The molecular formula is C42H57N9O5. The number of hydrogen-bond donors (Lipinski definition) is 5. The molecule has 1 heterocycles. The first-order valence-corrected chi connectivity index (χ1v) is 19.8. The summed E-state index contributed by atoms with van der Waals surface area (Å²) in [5, 5.41) is 26.1. The molecule has 2 aromatic carbocycles. The molecule has 56 heavy (non-hydrogen) atoms. The van der Waals surface area contributed by atoms with E-state index in [1.807, 2.05) is 63.3 Å². The molecule has 5 rings (SSSR count). The Kier molecular flexibility index (Phi) is 14.9. The zero-order valence-electron chi connectivity index (χ0n) is 33.3. The Morgan fingerprint density at radius 2 is 1.70 bits per heavy atom. The summed E-state index contributed by atoms with van der Waals surface area (Å²) in [4.78, 5) is 55.2. The summed E-state index contributed by atoms with van der Waals surface area (Å²) in [6.45, 7) is 13.5. The van der Waals surface area contributed by atoms with Crippen molar-refractivity contribution in [3.05, 3.63) is 77.9 Å². The summed E-state index contributed by atoms with van der Waals surface area (Å²) in [7, 11) is 0. The van der Waals surface area contributed by atoms with E-state index in [-0.39, 0.29) is 41.9 Å². The van der Waals surface area contributed by atoms with Gasteiger partial charge in [0, 0.05) is 43.2 Å². The zero-order chi connectivity index (χ0) is 40.1. The monoisotopic (exact) mass is 767 g/mol. The molecule has 0 saturated heterocycles. The van der Waals surface area contributed by atoms with Crippen molar-refractivity contribution in [3.8, 4) is 11.4 Å². The molecule has 1 fully saturated rings. The molecule has 14 nitrogen and oxygen atoms in total. The Morgan fingerprint density at radius 3 is 2.38 bits per heavy atom. The van der Waals surface area contributed by atoms with Crippen molar-refractivity contribution in [2.75, 3.05) is 38.0 Å². The van der Waals surface area contributed by atoms with Crippen LogP contribution in [0, 0.1) is 17.8 Å². The van der Waals surface area contributed by atoms with E-state index in [2.05, 4.69) is 60.6 Å². The average Bonchev–Trinajstić information content (AvgIpc) is 3.74. The second-order valence-electron chi connectivity index (χ2n) is 15.6. The normalized spacial score (nSPS) is 18.8. The van der Waals surface area contributed by atoms with Crippen LogP contribution in [0.3, 0.4) is 0 Å². The van der Waals surface area contributed by atoms with E-state index in [9.17, 15) is 19.2 Å². The topological polar surface area (TPSA) is 183 Å². The van der Waals surface area contributed by atoms with Gasteiger partial charge in [0.25, 0.3) is 0 Å². The lowest BCUT2D eigenvalue weighted by Crippen LogP contribution is -2.48. The van der Waals surface area contributed by atoms with Crippen molar-refractivity contribution >= 4 is 35.1 Å². The van der Waals surface area contributed by atoms with Crippen LogP contribution in [0.1, 0.15) is 77.8 Å². The van der Waals surface area contributed by atoms with Gasteiger partial charge >= 0.3 is 6.09 Å². The fraction of sp³-hybridized carbons (Fsp3) is 0.500. The number of aromatic amines is 1. The number of carbonyl (C=O) groups is 4. The lowest BCUT2D eigenvalue weighted by atomic mass is 9.81. The molecule has 2 unspecified atom stereocenters. The number of hydrogen-bond acceptors (Lipinski definition) is 9. The number of amides is 4. The number of ether oxygens (including phenoxy) is 1. The molecule has 0 aliphatic heterocycles. The fourth-order valence-electron chi connectivity index (χ4n) is 7.06. The molecule has 300 valence electrons. The molecule has 2 aliphatic rings. The Morgan fingerprint density at radius 1 is 0.946 bits per heavy atom. The highest BCUT2D eigenvalue weighted by molar-refractivity contribution is 5.98. The number of nitrogens with one attached hydrogen (secondary N) is 5. The van der Waals surface area contributed by atoms with Crippen LogP contribution in [0.15, 0.2) is 66.8 Å². The number of benzene rings is 2.